The zero-order valence-electron chi connectivity index (χ0n) is 14.3. The number of aryl methyl sites for hydroxylation is 2. The van der Waals surface area contributed by atoms with Crippen LogP contribution < -0.4 is 10.1 Å². The van der Waals surface area contributed by atoms with Gasteiger partial charge in [0.2, 0.25) is 0 Å². The van der Waals surface area contributed by atoms with E-state index in [1.807, 2.05) is 38.6 Å². The van der Waals surface area contributed by atoms with Crippen molar-refractivity contribution in [3.05, 3.63) is 47.0 Å². The first-order valence-corrected chi connectivity index (χ1v) is 7.92. The van der Waals surface area contributed by atoms with Gasteiger partial charge in [-0.25, -0.2) is 0 Å². The van der Waals surface area contributed by atoms with Crippen LogP contribution in [0.4, 0.5) is 0 Å². The maximum absolute atomic E-state index is 12.5. The van der Waals surface area contributed by atoms with Crippen LogP contribution in [0.3, 0.4) is 0 Å². The van der Waals surface area contributed by atoms with Gasteiger partial charge in [-0.15, -0.1) is 0 Å². The molecule has 0 unspecified atom stereocenters. The molecule has 0 radical (unpaired) electrons. The molecule has 0 aliphatic heterocycles. The van der Waals surface area contributed by atoms with Crippen LogP contribution in [0.1, 0.15) is 34.2 Å². The molecule has 2 heterocycles. The van der Waals surface area contributed by atoms with Crippen LogP contribution in [0.25, 0.3) is 11.0 Å². The number of nitrogens with one attached hydrogen (secondary N) is 1. The van der Waals surface area contributed by atoms with Gasteiger partial charge in [0.1, 0.15) is 11.3 Å². The first-order valence-electron chi connectivity index (χ1n) is 7.92. The molecule has 6 heteroatoms. The third kappa shape index (κ3) is 2.87. The topological polar surface area (TPSA) is 69.3 Å². The Balaban J connectivity index is 1.83. The van der Waals surface area contributed by atoms with Crippen LogP contribution in [-0.2, 0) is 13.6 Å². The quantitative estimate of drug-likeness (QED) is 0.782. The van der Waals surface area contributed by atoms with Crippen molar-refractivity contribution >= 4 is 16.9 Å². The molecule has 1 aromatic carbocycles. The highest BCUT2D eigenvalue weighted by Gasteiger charge is 2.15. The van der Waals surface area contributed by atoms with Crippen molar-refractivity contribution in [2.75, 3.05) is 6.61 Å². The summed E-state index contributed by atoms with van der Waals surface area (Å²) in [6.45, 7) is 6.80. The monoisotopic (exact) mass is 327 g/mol. The van der Waals surface area contributed by atoms with Crippen molar-refractivity contribution in [3.8, 4) is 5.75 Å². The molecule has 3 rings (SSSR count). The third-order valence-electron chi connectivity index (χ3n) is 4.18. The Labute approximate surface area is 140 Å². The lowest BCUT2D eigenvalue weighted by Crippen LogP contribution is -2.23. The van der Waals surface area contributed by atoms with E-state index in [1.54, 1.807) is 18.4 Å². The standard InChI is InChI=1S/C18H21N3O3/c1-5-23-16-8-13(9-17-14(16)6-7-24-17)18(22)19-10-15-11(2)20-21(4)12(15)3/h6-9H,5,10H2,1-4H3,(H,19,22). The summed E-state index contributed by atoms with van der Waals surface area (Å²) < 4.78 is 12.9. The number of rotatable bonds is 5. The Hall–Kier alpha value is -2.76. The predicted octanol–water partition coefficient (Wildman–Crippen LogP) is 3.11. The molecule has 126 valence electrons. The largest absolute Gasteiger partial charge is 0.493 e. The minimum Gasteiger partial charge on any atom is -0.493 e. The van der Waals surface area contributed by atoms with Gasteiger partial charge >= 0.3 is 0 Å². The second-order valence-corrected chi connectivity index (χ2v) is 5.70. The van der Waals surface area contributed by atoms with E-state index in [1.165, 1.54) is 0 Å². The van der Waals surface area contributed by atoms with E-state index in [4.69, 9.17) is 9.15 Å². The van der Waals surface area contributed by atoms with E-state index < -0.39 is 0 Å². The molecule has 0 aliphatic rings. The first kappa shape index (κ1) is 16.1. The predicted molar refractivity (Wildman–Crippen MR) is 91.2 cm³/mol. The van der Waals surface area contributed by atoms with Gasteiger partial charge < -0.3 is 14.5 Å². The summed E-state index contributed by atoms with van der Waals surface area (Å²) >= 11 is 0. The molecule has 3 aromatic rings. The molecule has 0 atom stereocenters. The van der Waals surface area contributed by atoms with Gasteiger partial charge in [0.05, 0.1) is 24.0 Å². The summed E-state index contributed by atoms with van der Waals surface area (Å²) in [4.78, 5) is 12.5. The second-order valence-electron chi connectivity index (χ2n) is 5.70. The summed E-state index contributed by atoms with van der Waals surface area (Å²) in [5.74, 6) is 0.486. The Kier molecular flexibility index (Phi) is 4.29. The molecule has 1 N–H and O–H groups in total. The Morgan fingerprint density at radius 3 is 2.83 bits per heavy atom. The average molecular weight is 327 g/mol. The molecule has 0 aliphatic carbocycles. The lowest BCUT2D eigenvalue weighted by molar-refractivity contribution is 0.0950. The third-order valence-corrected chi connectivity index (χ3v) is 4.18. The van der Waals surface area contributed by atoms with Crippen molar-refractivity contribution in [2.45, 2.75) is 27.3 Å². The smallest absolute Gasteiger partial charge is 0.251 e. The minimum atomic E-state index is -0.170. The van der Waals surface area contributed by atoms with E-state index in [9.17, 15) is 4.79 Å². The van der Waals surface area contributed by atoms with Crippen molar-refractivity contribution in [2.24, 2.45) is 7.05 Å². The fourth-order valence-electron chi connectivity index (χ4n) is 2.79. The highest BCUT2D eigenvalue weighted by atomic mass is 16.5. The second kappa shape index (κ2) is 6.39. The van der Waals surface area contributed by atoms with Gasteiger partial charge in [0, 0.05) is 30.4 Å². The van der Waals surface area contributed by atoms with Crippen LogP contribution in [0.5, 0.6) is 5.75 Å². The molecule has 24 heavy (non-hydrogen) atoms. The number of furan rings is 1. The van der Waals surface area contributed by atoms with Crippen molar-refractivity contribution in [3.63, 3.8) is 0 Å². The Bertz CT molecular complexity index is 892. The molecule has 0 spiro atoms. The number of benzene rings is 1. The molecule has 0 saturated carbocycles. The van der Waals surface area contributed by atoms with E-state index in [-0.39, 0.29) is 5.91 Å². The van der Waals surface area contributed by atoms with Gasteiger partial charge in [-0.2, -0.15) is 5.10 Å². The number of hydrogen-bond donors (Lipinski definition) is 1. The summed E-state index contributed by atoms with van der Waals surface area (Å²) in [5.41, 5.74) is 4.16. The number of amides is 1. The number of ether oxygens (including phenoxy) is 1. The van der Waals surface area contributed by atoms with Crippen molar-refractivity contribution < 1.29 is 13.9 Å². The van der Waals surface area contributed by atoms with Crippen LogP contribution in [-0.4, -0.2) is 22.3 Å². The molecule has 6 nitrogen and oxygen atoms in total. The maximum atomic E-state index is 12.5. The van der Waals surface area contributed by atoms with Crippen LogP contribution >= 0.6 is 0 Å². The van der Waals surface area contributed by atoms with E-state index in [2.05, 4.69) is 10.4 Å². The molecular weight excluding hydrogens is 306 g/mol. The van der Waals surface area contributed by atoms with Gasteiger partial charge in [-0.3, -0.25) is 9.48 Å². The lowest BCUT2D eigenvalue weighted by Gasteiger charge is -2.09. The van der Waals surface area contributed by atoms with Gasteiger partial charge in [0.25, 0.3) is 5.91 Å². The van der Waals surface area contributed by atoms with Crippen LogP contribution in [0, 0.1) is 13.8 Å². The summed E-state index contributed by atoms with van der Waals surface area (Å²) in [6.07, 6.45) is 1.59. The first-order chi connectivity index (χ1) is 11.5. The molecule has 0 fully saturated rings. The summed E-state index contributed by atoms with van der Waals surface area (Å²) in [6, 6.07) is 5.32. The Morgan fingerprint density at radius 2 is 2.17 bits per heavy atom. The summed E-state index contributed by atoms with van der Waals surface area (Å²) in [7, 11) is 1.90. The molecule has 0 saturated heterocycles. The number of nitrogens with zero attached hydrogens (tertiary/aromatic N) is 2. The maximum Gasteiger partial charge on any atom is 0.251 e. The van der Waals surface area contributed by atoms with E-state index in [0.29, 0.717) is 30.0 Å². The number of hydrogen-bond acceptors (Lipinski definition) is 4. The normalized spacial score (nSPS) is 11.0. The minimum absolute atomic E-state index is 0.170. The van der Waals surface area contributed by atoms with Crippen molar-refractivity contribution in [1.29, 1.82) is 0 Å². The summed E-state index contributed by atoms with van der Waals surface area (Å²) in [5, 5.41) is 8.18. The zero-order chi connectivity index (χ0) is 17.3. The van der Waals surface area contributed by atoms with Gasteiger partial charge in [0.15, 0.2) is 0 Å². The van der Waals surface area contributed by atoms with Gasteiger partial charge in [-0.1, -0.05) is 0 Å². The zero-order valence-corrected chi connectivity index (χ0v) is 14.3. The van der Waals surface area contributed by atoms with E-state index >= 15 is 0 Å². The van der Waals surface area contributed by atoms with Crippen LogP contribution in [0.15, 0.2) is 28.9 Å². The molecular formula is C18H21N3O3. The van der Waals surface area contributed by atoms with Crippen LogP contribution in [0.2, 0.25) is 0 Å². The number of fused-ring (bicyclic) bond motifs is 1. The van der Waals surface area contributed by atoms with E-state index in [0.717, 1.165) is 22.3 Å². The SMILES string of the molecule is CCOc1cc(C(=O)NCc2c(C)nn(C)c2C)cc2occc12. The number of aromatic nitrogens is 2. The average Bonchev–Trinajstić information content (AvgIpc) is 3.11. The van der Waals surface area contributed by atoms with Crippen molar-refractivity contribution in [1.82, 2.24) is 15.1 Å². The number of carbonyl (C=O) groups excluding carboxylic acids is 1. The molecule has 0 bridgehead atoms. The fraction of sp³-hybridized carbons (Fsp3) is 0.333. The molecule has 1 amide bonds. The number of carbonyl (C=O) groups is 1. The lowest BCUT2D eigenvalue weighted by atomic mass is 10.1. The Morgan fingerprint density at radius 1 is 1.38 bits per heavy atom. The fourth-order valence-corrected chi connectivity index (χ4v) is 2.79. The highest BCUT2D eigenvalue weighted by Crippen LogP contribution is 2.28. The van der Waals surface area contributed by atoms with Gasteiger partial charge in [-0.05, 0) is 39.0 Å². The molecule has 2 aromatic heterocycles. The highest BCUT2D eigenvalue weighted by molar-refractivity contribution is 5.99.